The van der Waals surface area contributed by atoms with E-state index in [1.165, 1.54) is 5.56 Å². The maximum Gasteiger partial charge on any atom is 0.115 e. The predicted octanol–water partition coefficient (Wildman–Crippen LogP) is 8.82. The molecule has 0 atom stereocenters. The Morgan fingerprint density at radius 3 is 0.581 bits per heavy atom. The molecule has 16 heteroatoms. The van der Waals surface area contributed by atoms with Crippen molar-refractivity contribution in [3.8, 4) is 54.3 Å². The lowest BCUT2D eigenvalue weighted by molar-refractivity contribution is 0.182. The Bertz CT molecular complexity index is 1570. The Balaban J connectivity index is 3.25. The van der Waals surface area contributed by atoms with Crippen molar-refractivity contribution >= 4 is 0 Å². The summed E-state index contributed by atoms with van der Waals surface area (Å²) in [6, 6.07) is 25.8. The van der Waals surface area contributed by atoms with E-state index in [0.29, 0.717) is 51.4 Å². The highest BCUT2D eigenvalue weighted by molar-refractivity contribution is 5.26. The summed E-state index contributed by atoms with van der Waals surface area (Å²) >= 11 is 0. The molecule has 0 amide bonds. The van der Waals surface area contributed by atoms with Gasteiger partial charge in [0.15, 0.2) is 0 Å². The smallest absolute Gasteiger partial charge is 0.115 e. The highest BCUT2D eigenvalue weighted by Crippen LogP contribution is 2.13. The van der Waals surface area contributed by atoms with Crippen molar-refractivity contribution in [2.24, 2.45) is 0 Å². The molecule has 406 valence electrons. The number of phenolic OH excluding ortho intramolecular Hbond substituents is 1. The number of hydrogen-bond donors (Lipinski definition) is 1. The predicted molar refractivity (Wildman–Crippen MR) is 293 cm³/mol. The van der Waals surface area contributed by atoms with E-state index in [2.05, 4.69) is 82.9 Å². The van der Waals surface area contributed by atoms with Crippen LogP contribution in [0.5, 0.6) is 5.75 Å². The Labute approximate surface area is 449 Å². The summed E-state index contributed by atoms with van der Waals surface area (Å²) in [5.41, 5.74) is 1.20. The van der Waals surface area contributed by atoms with Gasteiger partial charge in [-0.3, -0.25) is 0 Å². The molecular formula is C58H93N15O. The van der Waals surface area contributed by atoms with Crippen molar-refractivity contribution in [2.75, 3.05) is 137 Å². The normalized spacial score (nSPS) is 11.2. The topological polar surface area (TPSA) is 233 Å². The second kappa shape index (κ2) is 49.9. The van der Waals surface area contributed by atoms with E-state index in [1.54, 1.807) is 12.1 Å². The SMILES string of the molecule is N#CCCCN(CCCC#N)CCCN(CCCN(CCCC#N)CCCC#N)CCCN(CCCN(CCCN(CCCC#N)CCCC#N)CCCN(CCCC#N)CCCC#N)CCc1ccc(O)cc1. The number of unbranched alkanes of at least 4 members (excludes halogenated alkanes) is 8. The lowest BCUT2D eigenvalue weighted by atomic mass is 10.1. The lowest BCUT2D eigenvalue weighted by Gasteiger charge is -2.30. The number of nitrogens with zero attached hydrogens (tertiary/aromatic N) is 15. The molecular weight excluding hydrogens is 923 g/mol. The zero-order chi connectivity index (χ0) is 53.8. The van der Waals surface area contributed by atoms with Gasteiger partial charge < -0.3 is 39.4 Å². The molecule has 0 heterocycles. The summed E-state index contributed by atoms with van der Waals surface area (Å²) in [5.74, 6) is 0.269. The molecule has 0 unspecified atom stereocenters. The molecule has 74 heavy (non-hydrogen) atoms. The lowest BCUT2D eigenvalue weighted by Crippen LogP contribution is -2.37. The molecule has 0 saturated carbocycles. The summed E-state index contributed by atoms with van der Waals surface area (Å²) in [6.07, 6.45) is 17.8. The van der Waals surface area contributed by atoms with E-state index in [4.69, 9.17) is 0 Å². The number of phenols is 1. The molecule has 0 bridgehead atoms. The largest absolute Gasteiger partial charge is 0.508 e. The number of benzene rings is 1. The van der Waals surface area contributed by atoms with Gasteiger partial charge in [-0.1, -0.05) is 12.1 Å². The second-order valence-electron chi connectivity index (χ2n) is 19.5. The van der Waals surface area contributed by atoms with Crippen LogP contribution in [0.3, 0.4) is 0 Å². The fraction of sp³-hybridized carbons (Fsp3) is 0.759. The number of aromatic hydroxyl groups is 1. The highest BCUT2D eigenvalue weighted by atomic mass is 16.3. The average Bonchev–Trinajstić information content (AvgIpc) is 3.40. The molecule has 0 aliphatic heterocycles. The first-order valence-corrected chi connectivity index (χ1v) is 28.2. The molecule has 0 aliphatic rings. The Morgan fingerprint density at radius 1 is 0.243 bits per heavy atom. The second-order valence-corrected chi connectivity index (χ2v) is 19.5. The maximum atomic E-state index is 10.0. The van der Waals surface area contributed by atoms with Crippen molar-refractivity contribution in [3.63, 3.8) is 0 Å². The van der Waals surface area contributed by atoms with E-state index in [-0.39, 0.29) is 5.75 Å². The molecule has 16 nitrogen and oxygen atoms in total. The molecule has 1 rings (SSSR count). The van der Waals surface area contributed by atoms with Crippen molar-refractivity contribution in [3.05, 3.63) is 29.8 Å². The van der Waals surface area contributed by atoms with Gasteiger partial charge in [0.2, 0.25) is 0 Å². The summed E-state index contributed by atoms with van der Waals surface area (Å²) in [4.78, 5) is 17.5. The van der Waals surface area contributed by atoms with Crippen LogP contribution in [0.1, 0.15) is 147 Å². The molecule has 0 spiro atoms. The van der Waals surface area contributed by atoms with Crippen LogP contribution in [0.4, 0.5) is 0 Å². The average molecular weight is 1020 g/mol. The first-order chi connectivity index (χ1) is 36.3. The summed E-state index contributed by atoms with van der Waals surface area (Å²) in [7, 11) is 0. The third-order valence-corrected chi connectivity index (χ3v) is 13.4. The maximum absolute atomic E-state index is 10.0. The van der Waals surface area contributed by atoms with Crippen molar-refractivity contribution in [2.45, 2.75) is 148 Å². The molecule has 0 fully saturated rings. The minimum absolute atomic E-state index is 0.269. The molecule has 1 aromatic carbocycles. The van der Waals surface area contributed by atoms with Crippen LogP contribution in [-0.4, -0.2) is 177 Å². The van der Waals surface area contributed by atoms with Crippen molar-refractivity contribution in [1.29, 1.82) is 42.1 Å². The fourth-order valence-corrected chi connectivity index (χ4v) is 9.46. The molecule has 1 aromatic rings. The van der Waals surface area contributed by atoms with Gasteiger partial charge in [-0.05, 0) is 245 Å². The third kappa shape index (κ3) is 39.2. The first kappa shape index (κ1) is 66.7. The van der Waals surface area contributed by atoms with Crippen LogP contribution < -0.4 is 0 Å². The van der Waals surface area contributed by atoms with Crippen LogP contribution in [0.2, 0.25) is 0 Å². The first-order valence-electron chi connectivity index (χ1n) is 28.2. The van der Waals surface area contributed by atoms with Gasteiger partial charge in [0.1, 0.15) is 5.75 Å². The fourth-order valence-electron chi connectivity index (χ4n) is 9.46. The standard InChI is InChI=1S/C58H93N15O/c59-28-1-9-36-67(37-10-2-29-60)44-17-48-71(49-18-45-68(38-11-3-30-61)39-12-4-31-62)52-21-54-73(56-27-57-23-25-58(74)26-24-57)55-22-53-72(50-19-46-69(40-13-5-32-63)41-14-6-33-64)51-20-47-70(42-15-7-34-65)43-16-8-35-66/h23-26,74H,1-22,27,36-56H2. The minimum atomic E-state index is 0.269. The van der Waals surface area contributed by atoms with Crippen molar-refractivity contribution in [1.82, 2.24) is 34.3 Å². The van der Waals surface area contributed by atoms with E-state index in [9.17, 15) is 47.2 Å². The van der Waals surface area contributed by atoms with Crippen LogP contribution in [0.15, 0.2) is 24.3 Å². The van der Waals surface area contributed by atoms with Crippen LogP contribution in [0.25, 0.3) is 0 Å². The monoisotopic (exact) mass is 1020 g/mol. The summed E-state index contributed by atoms with van der Waals surface area (Å²) in [5, 5.41) is 83.5. The molecule has 0 radical (unpaired) electrons. The van der Waals surface area contributed by atoms with Gasteiger partial charge in [0.05, 0.1) is 48.6 Å². The van der Waals surface area contributed by atoms with Crippen LogP contribution in [-0.2, 0) is 6.42 Å². The van der Waals surface area contributed by atoms with Gasteiger partial charge in [-0.15, -0.1) is 0 Å². The molecule has 0 saturated heterocycles. The summed E-state index contributed by atoms with van der Waals surface area (Å²) in [6.45, 7) is 19.2. The number of hydrogen-bond acceptors (Lipinski definition) is 16. The quantitative estimate of drug-likeness (QED) is 0.0600. The minimum Gasteiger partial charge on any atom is -0.508 e. The zero-order valence-corrected chi connectivity index (χ0v) is 45.6. The van der Waals surface area contributed by atoms with E-state index >= 15 is 0 Å². The molecule has 1 N–H and O–H groups in total. The van der Waals surface area contributed by atoms with Gasteiger partial charge in [-0.2, -0.15) is 42.1 Å². The Hall–Kier alpha value is -5.34. The van der Waals surface area contributed by atoms with Gasteiger partial charge >= 0.3 is 0 Å². The Morgan fingerprint density at radius 2 is 0.405 bits per heavy atom. The van der Waals surface area contributed by atoms with Crippen molar-refractivity contribution < 1.29 is 5.11 Å². The van der Waals surface area contributed by atoms with Gasteiger partial charge in [0.25, 0.3) is 0 Å². The highest BCUT2D eigenvalue weighted by Gasteiger charge is 2.15. The molecule has 0 aliphatic carbocycles. The summed E-state index contributed by atoms with van der Waals surface area (Å²) < 4.78 is 0. The van der Waals surface area contributed by atoms with E-state index < -0.39 is 0 Å². The molecule has 0 aromatic heterocycles. The van der Waals surface area contributed by atoms with Gasteiger partial charge in [-0.25, -0.2) is 0 Å². The van der Waals surface area contributed by atoms with E-state index in [1.807, 2.05) is 12.1 Å². The van der Waals surface area contributed by atoms with E-state index in [0.717, 1.165) is 234 Å². The number of rotatable bonds is 51. The van der Waals surface area contributed by atoms with Crippen LogP contribution in [0, 0.1) is 90.6 Å². The zero-order valence-electron chi connectivity index (χ0n) is 45.6. The van der Waals surface area contributed by atoms with Crippen LogP contribution >= 0.6 is 0 Å². The third-order valence-electron chi connectivity index (χ3n) is 13.4. The Kier molecular flexibility index (Phi) is 44.9. The number of nitriles is 8. The van der Waals surface area contributed by atoms with Gasteiger partial charge in [0, 0.05) is 57.9 Å².